The molecule has 0 aromatic rings. The smallest absolute Gasteiger partial charge is 0.0991 e. The quantitative estimate of drug-likeness (QED) is 0.266. The van der Waals surface area contributed by atoms with Crippen LogP contribution < -0.4 is 0 Å². The van der Waals surface area contributed by atoms with E-state index < -0.39 is 4.84 Å². The van der Waals surface area contributed by atoms with Gasteiger partial charge in [-0.25, -0.2) is 0 Å². The van der Waals surface area contributed by atoms with Gasteiger partial charge >= 0.3 is 0 Å². The predicted molar refractivity (Wildman–Crippen MR) is 87.2 cm³/mol. The number of hydrogen-bond acceptors (Lipinski definition) is 0. The van der Waals surface area contributed by atoms with Crippen LogP contribution in [0.4, 0.5) is 0 Å². The molecule has 0 fully saturated rings. The molecule has 0 atom stereocenters. The van der Waals surface area contributed by atoms with E-state index in [4.69, 9.17) is 34.8 Å². The van der Waals surface area contributed by atoms with Gasteiger partial charge in [-0.05, 0) is 90.4 Å². The standard InChI is InChI=1S/C4HCl3I4/c5-1(3(6)7)2(8)4(9,10)11/h3H. The first-order valence-electron chi connectivity index (χ1n) is 2.17. The molecule has 0 spiro atoms. The first kappa shape index (κ1) is 14.5. The molecule has 11 heavy (non-hydrogen) atoms. The van der Waals surface area contributed by atoms with E-state index in [1.807, 2.05) is 0 Å². The Kier molecular flexibility index (Phi) is 8.17. The van der Waals surface area contributed by atoms with Crippen LogP contribution in [0.3, 0.4) is 0 Å². The second kappa shape index (κ2) is 6.19. The topological polar surface area (TPSA) is 0 Å². The SMILES string of the molecule is ClC(=C(I)C(I)(I)I)C(Cl)Cl. The lowest BCUT2D eigenvalue weighted by atomic mass is 10.6. The fourth-order valence-electron chi connectivity index (χ4n) is 0.231. The molecule has 0 N–H and O–H groups in total. The van der Waals surface area contributed by atoms with Gasteiger partial charge in [0.25, 0.3) is 0 Å². The monoisotopic (exact) mass is 662 g/mol. The zero-order valence-electron chi connectivity index (χ0n) is 4.72. The summed E-state index contributed by atoms with van der Waals surface area (Å²) in [6, 6.07) is 0. The second-order valence-electron chi connectivity index (χ2n) is 1.46. The molecule has 0 aliphatic heterocycles. The fourth-order valence-corrected chi connectivity index (χ4v) is 2.62. The lowest BCUT2D eigenvalue weighted by molar-refractivity contribution is 1.49. The van der Waals surface area contributed by atoms with Crippen molar-refractivity contribution >= 4 is 125 Å². The minimum atomic E-state index is -0.623. The Bertz CT molecular complexity index is 171. The predicted octanol–water partition coefficient (Wildman–Crippen LogP) is 5.63. The van der Waals surface area contributed by atoms with E-state index in [0.717, 1.165) is 3.58 Å². The number of halogens is 7. The van der Waals surface area contributed by atoms with Gasteiger partial charge in [-0.2, -0.15) is 0 Å². The summed E-state index contributed by atoms with van der Waals surface area (Å²) in [7, 11) is 0. The maximum Gasteiger partial charge on any atom is 0.155 e. The van der Waals surface area contributed by atoms with Crippen LogP contribution in [-0.4, -0.2) is 4.27 Å². The van der Waals surface area contributed by atoms with Crippen LogP contribution in [0.15, 0.2) is 8.61 Å². The summed E-state index contributed by atoms with van der Waals surface area (Å²) < 4.78 is 0.904. The van der Waals surface area contributed by atoms with Crippen LogP contribution >= 0.6 is 125 Å². The Morgan fingerprint density at radius 3 is 1.64 bits per heavy atom. The van der Waals surface area contributed by atoms with Gasteiger partial charge in [0.05, 0.1) is 5.03 Å². The summed E-state index contributed by atoms with van der Waals surface area (Å²) in [5.41, 5.74) is 0. The lowest BCUT2D eigenvalue weighted by Crippen LogP contribution is -2.02. The summed E-state index contributed by atoms with van der Waals surface area (Å²) in [5.74, 6) is 0. The third kappa shape index (κ3) is 5.85. The molecule has 0 aliphatic rings. The van der Waals surface area contributed by atoms with Crippen molar-refractivity contribution in [2.24, 2.45) is 0 Å². The van der Waals surface area contributed by atoms with Crippen LogP contribution in [0, 0.1) is 0 Å². The highest BCUT2D eigenvalue weighted by Crippen LogP contribution is 2.48. The summed E-state index contributed by atoms with van der Waals surface area (Å²) in [4.78, 5) is -0.623. The largest absolute Gasteiger partial charge is 0.155 e. The zero-order valence-corrected chi connectivity index (χ0v) is 15.6. The maximum atomic E-state index is 5.84. The first-order valence-corrected chi connectivity index (χ1v) is 7.74. The van der Waals surface area contributed by atoms with Gasteiger partial charge in [0.15, 0.2) is -0.565 Å². The molecule has 0 nitrogen and oxygen atoms in total. The van der Waals surface area contributed by atoms with Gasteiger partial charge in [-0.3, -0.25) is 0 Å². The fraction of sp³-hybridized carbons (Fsp3) is 0.500. The minimum Gasteiger partial charge on any atom is -0.0991 e. The Balaban J connectivity index is 4.67. The summed E-state index contributed by atoms with van der Waals surface area (Å²) >= 11 is 25.9. The van der Waals surface area contributed by atoms with Crippen LogP contribution in [0.2, 0.25) is 0 Å². The summed E-state index contributed by atoms with van der Waals surface area (Å²) in [5, 5.41) is 0.507. The van der Waals surface area contributed by atoms with E-state index in [1.54, 1.807) is 0 Å². The van der Waals surface area contributed by atoms with E-state index in [0.29, 0.717) is 5.03 Å². The van der Waals surface area contributed by atoms with E-state index in [9.17, 15) is 0 Å². The second-order valence-corrected chi connectivity index (χ2v) is 15.1. The van der Waals surface area contributed by atoms with Crippen molar-refractivity contribution in [3.63, 3.8) is 0 Å². The van der Waals surface area contributed by atoms with Gasteiger partial charge < -0.3 is 0 Å². The molecule has 0 bridgehead atoms. The highest BCUT2D eigenvalue weighted by molar-refractivity contribution is 14.3. The minimum absolute atomic E-state index is 0.0625. The Labute approximate surface area is 135 Å². The molecular weight excluding hydrogens is 662 g/mol. The Hall–Kier alpha value is 3.53. The van der Waals surface area contributed by atoms with Crippen LogP contribution in [0.1, 0.15) is 0 Å². The van der Waals surface area contributed by atoms with Crippen LogP contribution in [-0.2, 0) is 0 Å². The number of allylic oxidation sites excluding steroid dienone is 2. The van der Waals surface area contributed by atoms with Crippen molar-refractivity contribution < 1.29 is 0 Å². The van der Waals surface area contributed by atoms with Gasteiger partial charge in [0.2, 0.25) is 0 Å². The van der Waals surface area contributed by atoms with Crippen molar-refractivity contribution in [3.05, 3.63) is 8.61 Å². The van der Waals surface area contributed by atoms with E-state index in [2.05, 4.69) is 90.4 Å². The van der Waals surface area contributed by atoms with Crippen LogP contribution in [0.25, 0.3) is 0 Å². The molecule has 7 heteroatoms. The number of hydrogen-bond donors (Lipinski definition) is 0. The molecule has 0 amide bonds. The Morgan fingerprint density at radius 1 is 1.18 bits per heavy atom. The highest BCUT2D eigenvalue weighted by Gasteiger charge is 2.26. The highest BCUT2D eigenvalue weighted by atomic mass is 127. The van der Waals surface area contributed by atoms with Crippen molar-refractivity contribution in [1.82, 2.24) is 0 Å². The van der Waals surface area contributed by atoms with Gasteiger partial charge in [0.1, 0.15) is 4.84 Å². The molecule has 0 rings (SSSR count). The molecule has 0 saturated carbocycles. The van der Waals surface area contributed by atoms with E-state index in [1.165, 1.54) is 0 Å². The molecule has 0 unspecified atom stereocenters. The van der Waals surface area contributed by atoms with Crippen molar-refractivity contribution in [2.75, 3.05) is 0 Å². The van der Waals surface area contributed by atoms with Crippen molar-refractivity contribution in [2.45, 2.75) is 4.27 Å². The average molecular weight is 663 g/mol. The molecule has 66 valence electrons. The van der Waals surface area contributed by atoms with Gasteiger partial charge in [-0.15, -0.1) is 0 Å². The van der Waals surface area contributed by atoms with E-state index >= 15 is 0 Å². The third-order valence-corrected chi connectivity index (χ3v) is 8.14. The normalized spacial score (nSPS) is 15.3. The van der Waals surface area contributed by atoms with Crippen LogP contribution in [0.5, 0.6) is 0 Å². The van der Waals surface area contributed by atoms with E-state index in [-0.39, 0.29) is -0.565 Å². The molecule has 0 aliphatic carbocycles. The molecular formula is C4HCl3I4. The number of rotatable bonds is 2. The first-order chi connectivity index (χ1) is 4.76. The third-order valence-electron chi connectivity index (χ3n) is 0.650. The lowest BCUT2D eigenvalue weighted by Gasteiger charge is -2.13. The number of alkyl halides is 5. The molecule has 0 aromatic carbocycles. The van der Waals surface area contributed by atoms with Crippen molar-refractivity contribution in [3.8, 4) is 0 Å². The summed E-state index contributed by atoms with van der Waals surface area (Å²) in [6.07, 6.45) is 0. The Morgan fingerprint density at radius 2 is 1.55 bits per heavy atom. The average Bonchev–Trinajstić information content (AvgIpc) is 1.82. The molecule has 0 heterocycles. The van der Waals surface area contributed by atoms with Crippen molar-refractivity contribution in [1.29, 1.82) is 0 Å². The van der Waals surface area contributed by atoms with Gasteiger partial charge in [-0.1, -0.05) is 34.8 Å². The summed E-state index contributed by atoms with van der Waals surface area (Å²) in [6.45, 7) is 0. The molecule has 0 aromatic heterocycles. The maximum absolute atomic E-state index is 5.84. The molecule has 0 radical (unpaired) electrons. The van der Waals surface area contributed by atoms with Gasteiger partial charge in [0, 0.05) is 3.58 Å². The zero-order chi connectivity index (χ0) is 9.23. The molecule has 0 saturated heterocycles.